The highest BCUT2D eigenvalue weighted by molar-refractivity contribution is 5.32. The van der Waals surface area contributed by atoms with Crippen LogP contribution in [0.1, 0.15) is 45.7 Å². The van der Waals surface area contributed by atoms with E-state index in [4.69, 9.17) is 0 Å². The van der Waals surface area contributed by atoms with Gasteiger partial charge in [-0.2, -0.15) is 0 Å². The van der Waals surface area contributed by atoms with Gasteiger partial charge in [0.1, 0.15) is 5.82 Å². The normalized spacial score (nSPS) is 13.0. The minimum absolute atomic E-state index is 0.212. The smallest absolute Gasteiger partial charge is 0.126 e. The van der Waals surface area contributed by atoms with Gasteiger partial charge in [-0.1, -0.05) is 26.8 Å². The molecule has 84 valence electrons. The second-order valence-corrected chi connectivity index (χ2v) is 5.50. The van der Waals surface area contributed by atoms with E-state index in [1.54, 1.807) is 26.0 Å². The molecule has 1 nitrogen and oxygen atoms in total. The molecule has 0 aromatic heterocycles. The van der Waals surface area contributed by atoms with Crippen LogP contribution in [0.2, 0.25) is 0 Å². The zero-order valence-electron chi connectivity index (χ0n) is 10.1. The Morgan fingerprint density at radius 2 is 1.60 bits per heavy atom. The molecule has 2 heteroatoms. The minimum atomic E-state index is -0.923. The number of hydrogen-bond donors (Lipinski definition) is 1. The molecule has 0 amide bonds. The zero-order chi connectivity index (χ0) is 11.9. The van der Waals surface area contributed by atoms with Crippen LogP contribution in [0.25, 0.3) is 0 Å². The molecule has 0 fully saturated rings. The molecule has 0 aliphatic carbocycles. The molecule has 0 heterocycles. The molecule has 0 radical (unpaired) electrons. The lowest BCUT2D eigenvalue weighted by Crippen LogP contribution is -2.19. The molecule has 15 heavy (non-hydrogen) atoms. The number of rotatable bonds is 1. The van der Waals surface area contributed by atoms with Crippen LogP contribution in [0.5, 0.6) is 0 Å². The van der Waals surface area contributed by atoms with E-state index in [2.05, 4.69) is 0 Å². The lowest BCUT2D eigenvalue weighted by Gasteiger charge is -2.24. The van der Waals surface area contributed by atoms with Crippen molar-refractivity contribution < 1.29 is 9.50 Å². The second kappa shape index (κ2) is 3.60. The van der Waals surface area contributed by atoms with Crippen molar-refractivity contribution in [3.05, 3.63) is 35.1 Å². The van der Waals surface area contributed by atoms with Crippen LogP contribution < -0.4 is 0 Å². The first kappa shape index (κ1) is 12.2. The predicted molar refractivity (Wildman–Crippen MR) is 60.3 cm³/mol. The predicted octanol–water partition coefficient (Wildman–Crippen LogP) is 3.35. The topological polar surface area (TPSA) is 20.2 Å². The Balaban J connectivity index is 3.30. The quantitative estimate of drug-likeness (QED) is 0.753. The summed E-state index contributed by atoms with van der Waals surface area (Å²) in [7, 11) is 0. The molecule has 0 unspecified atom stereocenters. The summed E-state index contributed by atoms with van der Waals surface area (Å²) < 4.78 is 13.6. The van der Waals surface area contributed by atoms with Gasteiger partial charge in [-0.15, -0.1) is 0 Å². The third-order valence-electron chi connectivity index (χ3n) is 2.48. The van der Waals surface area contributed by atoms with Crippen molar-refractivity contribution in [2.24, 2.45) is 0 Å². The Labute approximate surface area is 90.9 Å². The summed E-state index contributed by atoms with van der Waals surface area (Å²) in [6.07, 6.45) is 0. The summed E-state index contributed by atoms with van der Waals surface area (Å²) in [5.41, 5.74) is 0.218. The Kier molecular flexibility index (Phi) is 2.92. The fourth-order valence-corrected chi connectivity index (χ4v) is 1.48. The molecule has 1 N–H and O–H groups in total. The molecule has 0 saturated carbocycles. The van der Waals surface area contributed by atoms with Gasteiger partial charge in [0.2, 0.25) is 0 Å². The van der Waals surface area contributed by atoms with Crippen LogP contribution in [0.3, 0.4) is 0 Å². The largest absolute Gasteiger partial charge is 0.386 e. The van der Waals surface area contributed by atoms with Crippen LogP contribution in [-0.2, 0) is 11.0 Å². The lowest BCUT2D eigenvalue weighted by molar-refractivity contribution is 0.0783. The second-order valence-electron chi connectivity index (χ2n) is 5.50. The van der Waals surface area contributed by atoms with E-state index in [-0.39, 0.29) is 11.2 Å². The van der Waals surface area contributed by atoms with E-state index in [0.717, 1.165) is 5.56 Å². The monoisotopic (exact) mass is 210 g/mol. The average Bonchev–Trinajstić information content (AvgIpc) is 2.00. The number of aliphatic hydroxyl groups is 1. The summed E-state index contributed by atoms with van der Waals surface area (Å²) in [5.74, 6) is -0.212. The van der Waals surface area contributed by atoms with Crippen molar-refractivity contribution in [2.45, 2.75) is 45.6 Å². The van der Waals surface area contributed by atoms with Crippen molar-refractivity contribution in [1.29, 1.82) is 0 Å². The summed E-state index contributed by atoms with van der Waals surface area (Å²) >= 11 is 0. The third-order valence-corrected chi connectivity index (χ3v) is 2.48. The van der Waals surface area contributed by atoms with Gasteiger partial charge >= 0.3 is 0 Å². The number of hydrogen-bond acceptors (Lipinski definition) is 1. The molecule has 0 aliphatic rings. The fraction of sp³-hybridized carbons (Fsp3) is 0.538. The van der Waals surface area contributed by atoms with Crippen molar-refractivity contribution in [3.8, 4) is 0 Å². The zero-order valence-corrected chi connectivity index (χ0v) is 10.1. The van der Waals surface area contributed by atoms with Crippen molar-refractivity contribution >= 4 is 0 Å². The number of benzene rings is 1. The van der Waals surface area contributed by atoms with E-state index in [0.29, 0.717) is 5.56 Å². The maximum Gasteiger partial charge on any atom is 0.126 e. The van der Waals surface area contributed by atoms with Gasteiger partial charge in [0.05, 0.1) is 5.60 Å². The standard InChI is InChI=1S/C13H19FO/c1-12(2,3)10-8-9(13(4,5)15)6-7-11(10)14/h6-8,15H,1-5H3. The summed E-state index contributed by atoms with van der Waals surface area (Å²) in [4.78, 5) is 0. The first-order valence-electron chi connectivity index (χ1n) is 5.15. The average molecular weight is 210 g/mol. The van der Waals surface area contributed by atoms with E-state index >= 15 is 0 Å². The highest BCUT2D eigenvalue weighted by atomic mass is 19.1. The highest BCUT2D eigenvalue weighted by Gasteiger charge is 2.23. The third kappa shape index (κ3) is 2.78. The molecule has 0 spiro atoms. The Morgan fingerprint density at radius 3 is 2.00 bits per heavy atom. The molecular weight excluding hydrogens is 191 g/mol. The van der Waals surface area contributed by atoms with Crippen molar-refractivity contribution in [2.75, 3.05) is 0 Å². The Bertz CT molecular complexity index is 356. The summed E-state index contributed by atoms with van der Waals surface area (Å²) in [6.45, 7) is 9.28. The molecular formula is C13H19FO. The Hall–Kier alpha value is -0.890. The van der Waals surface area contributed by atoms with Crippen LogP contribution in [0, 0.1) is 5.82 Å². The maximum absolute atomic E-state index is 13.6. The van der Waals surface area contributed by atoms with Crippen LogP contribution in [0.4, 0.5) is 4.39 Å². The maximum atomic E-state index is 13.6. The van der Waals surface area contributed by atoms with E-state index in [1.807, 2.05) is 20.8 Å². The molecule has 1 rings (SSSR count). The van der Waals surface area contributed by atoms with E-state index in [1.165, 1.54) is 6.07 Å². The van der Waals surface area contributed by atoms with E-state index < -0.39 is 5.60 Å². The first-order valence-corrected chi connectivity index (χ1v) is 5.15. The summed E-state index contributed by atoms with van der Waals surface area (Å²) in [6, 6.07) is 4.80. The van der Waals surface area contributed by atoms with Gasteiger partial charge in [-0.05, 0) is 42.5 Å². The first-order chi connectivity index (χ1) is 6.62. The lowest BCUT2D eigenvalue weighted by atomic mass is 9.84. The van der Waals surface area contributed by atoms with Gasteiger partial charge in [0.25, 0.3) is 0 Å². The van der Waals surface area contributed by atoms with Crippen LogP contribution in [-0.4, -0.2) is 5.11 Å². The van der Waals surface area contributed by atoms with Gasteiger partial charge in [0, 0.05) is 0 Å². The van der Waals surface area contributed by atoms with Crippen LogP contribution >= 0.6 is 0 Å². The van der Waals surface area contributed by atoms with Gasteiger partial charge in [-0.3, -0.25) is 0 Å². The van der Waals surface area contributed by atoms with Crippen molar-refractivity contribution in [3.63, 3.8) is 0 Å². The van der Waals surface area contributed by atoms with E-state index in [9.17, 15) is 9.50 Å². The highest BCUT2D eigenvalue weighted by Crippen LogP contribution is 2.29. The van der Waals surface area contributed by atoms with Crippen LogP contribution in [0.15, 0.2) is 18.2 Å². The molecule has 1 aromatic rings. The molecule has 1 aromatic carbocycles. The molecule has 0 atom stereocenters. The SMILES string of the molecule is CC(C)(C)c1cc(C(C)(C)O)ccc1F. The molecule has 0 aliphatic heterocycles. The van der Waals surface area contributed by atoms with Gasteiger partial charge in [-0.25, -0.2) is 4.39 Å². The fourth-order valence-electron chi connectivity index (χ4n) is 1.48. The van der Waals surface area contributed by atoms with Gasteiger partial charge < -0.3 is 5.11 Å². The minimum Gasteiger partial charge on any atom is -0.386 e. The Morgan fingerprint density at radius 1 is 1.07 bits per heavy atom. The van der Waals surface area contributed by atoms with Crippen molar-refractivity contribution in [1.82, 2.24) is 0 Å². The number of halogens is 1. The van der Waals surface area contributed by atoms with Gasteiger partial charge in [0.15, 0.2) is 0 Å². The molecule has 0 saturated heterocycles. The summed E-state index contributed by atoms with van der Waals surface area (Å²) in [5, 5.41) is 9.85. The molecule has 0 bridgehead atoms.